The van der Waals surface area contributed by atoms with Crippen LogP contribution in [0.5, 0.6) is 0 Å². The van der Waals surface area contributed by atoms with Crippen molar-refractivity contribution in [1.82, 2.24) is 14.5 Å². The Kier molecular flexibility index (Phi) is 10.1. The highest BCUT2D eigenvalue weighted by atomic mass is 35.5. The first-order valence-electron chi connectivity index (χ1n) is 20.7. The van der Waals surface area contributed by atoms with Gasteiger partial charge in [-0.1, -0.05) is 129 Å². The number of aromatic nitrogens is 3. The van der Waals surface area contributed by atoms with Crippen LogP contribution in [-0.2, 0) is 18.5 Å². The molecule has 0 amide bonds. The Bertz CT molecular complexity index is 3100. The van der Waals surface area contributed by atoms with E-state index in [1.807, 2.05) is 24.4 Å². The third kappa shape index (κ3) is 7.54. The number of anilines is 4. The Hall–Kier alpha value is -6.73. The predicted molar refractivity (Wildman–Crippen MR) is 258 cm³/mol. The van der Waals surface area contributed by atoms with Crippen LogP contribution in [0.15, 0.2) is 188 Å². The zero-order chi connectivity index (χ0) is 41.5. The van der Waals surface area contributed by atoms with E-state index in [4.69, 9.17) is 21.6 Å². The van der Waals surface area contributed by atoms with Gasteiger partial charge in [0.1, 0.15) is 10.8 Å². The van der Waals surface area contributed by atoms with Crippen molar-refractivity contribution in [1.29, 1.82) is 0 Å². The molecule has 0 unspecified atom stereocenters. The normalized spacial score (nSPS) is 11.7. The van der Waals surface area contributed by atoms with Gasteiger partial charge in [0.05, 0.1) is 37.6 Å². The standard InChI is InChI=1S/C54H44ClN5S/c1-54(2,3)40-32-48(58(35-37-16-6-4-7-17-37)41-27-25-39(26-28-41)53-57-45-21-11-13-23-50(45)61-53)52(55)49(33-40)59(36-38-18-8-5-9-19-38)42-29-30-47-44(34-42)43-20-10-12-22-46(43)60(47)51-24-14-15-31-56-51/h4-34H,35-36H2,1-3H3. The lowest BCUT2D eigenvalue weighted by molar-refractivity contribution is 0.590. The summed E-state index contributed by atoms with van der Waals surface area (Å²) in [5.41, 5.74) is 11.7. The number of halogens is 1. The minimum Gasteiger partial charge on any atom is -0.336 e. The van der Waals surface area contributed by atoms with Crippen LogP contribution < -0.4 is 9.80 Å². The average Bonchev–Trinajstić information content (AvgIpc) is 3.88. The molecule has 0 fully saturated rings. The molecule has 0 atom stereocenters. The molecular weight excluding hydrogens is 786 g/mol. The zero-order valence-electron chi connectivity index (χ0n) is 34.3. The summed E-state index contributed by atoms with van der Waals surface area (Å²) in [6.07, 6.45) is 1.85. The number of hydrogen-bond acceptors (Lipinski definition) is 5. The van der Waals surface area contributed by atoms with Crippen molar-refractivity contribution in [2.75, 3.05) is 9.80 Å². The molecule has 0 bridgehead atoms. The molecule has 7 aromatic carbocycles. The maximum atomic E-state index is 7.92. The van der Waals surface area contributed by atoms with E-state index in [1.165, 1.54) is 26.8 Å². The van der Waals surface area contributed by atoms with Gasteiger partial charge in [0.2, 0.25) is 0 Å². The maximum absolute atomic E-state index is 7.92. The maximum Gasteiger partial charge on any atom is 0.137 e. The summed E-state index contributed by atoms with van der Waals surface area (Å²) in [6.45, 7) is 8.08. The Morgan fingerprint density at radius 2 is 1.16 bits per heavy atom. The van der Waals surface area contributed by atoms with Gasteiger partial charge in [-0.2, -0.15) is 0 Å². The number of nitrogens with zero attached hydrogens (tertiary/aromatic N) is 5. The van der Waals surface area contributed by atoms with Gasteiger partial charge >= 0.3 is 0 Å². The van der Waals surface area contributed by atoms with Crippen LogP contribution in [0.3, 0.4) is 0 Å². The third-order valence-corrected chi connectivity index (χ3v) is 12.9. The topological polar surface area (TPSA) is 37.2 Å². The first-order chi connectivity index (χ1) is 29.8. The molecule has 0 N–H and O–H groups in total. The molecule has 61 heavy (non-hydrogen) atoms. The Balaban J connectivity index is 1.15. The van der Waals surface area contributed by atoms with Crippen molar-refractivity contribution in [3.8, 4) is 16.4 Å². The Morgan fingerprint density at radius 1 is 0.574 bits per heavy atom. The molecular formula is C54H44ClN5S. The van der Waals surface area contributed by atoms with Crippen LogP contribution in [0.25, 0.3) is 48.4 Å². The van der Waals surface area contributed by atoms with Crippen LogP contribution in [0.1, 0.15) is 37.5 Å². The average molecular weight is 831 g/mol. The zero-order valence-corrected chi connectivity index (χ0v) is 35.9. The molecule has 0 spiro atoms. The van der Waals surface area contributed by atoms with Gasteiger partial charge in [0.25, 0.3) is 0 Å². The van der Waals surface area contributed by atoms with Gasteiger partial charge in [-0.3, -0.25) is 4.57 Å². The summed E-state index contributed by atoms with van der Waals surface area (Å²) in [5, 5.41) is 4.02. The lowest BCUT2D eigenvalue weighted by Gasteiger charge is -2.33. The molecule has 0 saturated heterocycles. The number of para-hydroxylation sites is 2. The molecule has 0 aliphatic carbocycles. The fourth-order valence-corrected chi connectivity index (χ4v) is 9.51. The lowest BCUT2D eigenvalue weighted by Crippen LogP contribution is -2.22. The monoisotopic (exact) mass is 829 g/mol. The number of rotatable bonds is 10. The molecule has 7 heteroatoms. The molecule has 3 aromatic heterocycles. The third-order valence-electron chi connectivity index (χ3n) is 11.4. The number of benzene rings is 7. The summed E-state index contributed by atoms with van der Waals surface area (Å²) in [6, 6.07) is 64.4. The number of pyridine rings is 1. The van der Waals surface area contributed by atoms with Crippen molar-refractivity contribution in [3.63, 3.8) is 0 Å². The van der Waals surface area contributed by atoms with Gasteiger partial charge in [0, 0.05) is 47.0 Å². The van der Waals surface area contributed by atoms with E-state index >= 15 is 0 Å². The molecule has 10 aromatic rings. The molecule has 298 valence electrons. The molecule has 0 aliphatic heterocycles. The van der Waals surface area contributed by atoms with E-state index < -0.39 is 0 Å². The van der Waals surface area contributed by atoms with Crippen LogP contribution >= 0.6 is 22.9 Å². The second kappa shape index (κ2) is 16.0. The summed E-state index contributed by atoms with van der Waals surface area (Å²) in [7, 11) is 0. The van der Waals surface area contributed by atoms with E-state index in [9.17, 15) is 0 Å². The quantitative estimate of drug-likeness (QED) is 0.138. The van der Waals surface area contributed by atoms with E-state index in [2.05, 4.69) is 199 Å². The van der Waals surface area contributed by atoms with Crippen LogP contribution in [0.4, 0.5) is 22.7 Å². The molecule has 3 heterocycles. The number of fused-ring (bicyclic) bond motifs is 4. The van der Waals surface area contributed by atoms with Gasteiger partial charge in [-0.25, -0.2) is 9.97 Å². The molecule has 0 radical (unpaired) electrons. The smallest absolute Gasteiger partial charge is 0.137 e. The Labute approximate surface area is 365 Å². The molecule has 10 rings (SSSR count). The van der Waals surface area contributed by atoms with Crippen LogP contribution in [-0.4, -0.2) is 14.5 Å². The summed E-state index contributed by atoms with van der Waals surface area (Å²) in [4.78, 5) is 14.5. The summed E-state index contributed by atoms with van der Waals surface area (Å²) < 4.78 is 3.44. The van der Waals surface area contributed by atoms with Gasteiger partial charge in [-0.15, -0.1) is 11.3 Å². The van der Waals surface area contributed by atoms with E-state index in [-0.39, 0.29) is 5.41 Å². The highest BCUT2D eigenvalue weighted by molar-refractivity contribution is 7.21. The first kappa shape index (κ1) is 38.5. The van der Waals surface area contributed by atoms with Crippen LogP contribution in [0, 0.1) is 0 Å². The molecule has 5 nitrogen and oxygen atoms in total. The van der Waals surface area contributed by atoms with Crippen molar-refractivity contribution in [2.45, 2.75) is 39.3 Å². The van der Waals surface area contributed by atoms with Gasteiger partial charge in [-0.05, 0) is 107 Å². The highest BCUT2D eigenvalue weighted by Crippen LogP contribution is 2.47. The van der Waals surface area contributed by atoms with Crippen LogP contribution in [0.2, 0.25) is 5.02 Å². The SMILES string of the molecule is CC(C)(C)c1cc(N(Cc2ccccc2)c2ccc(-c3nc4ccccc4s3)cc2)c(Cl)c(N(Cc2ccccc2)c2ccc3c(c2)c2ccccc2n3-c2ccccn2)c1. The first-order valence-corrected chi connectivity index (χ1v) is 21.9. The highest BCUT2D eigenvalue weighted by Gasteiger charge is 2.26. The van der Waals surface area contributed by atoms with Crippen molar-refractivity contribution < 1.29 is 0 Å². The second-order valence-electron chi connectivity index (χ2n) is 16.5. The summed E-state index contributed by atoms with van der Waals surface area (Å²) in [5.74, 6) is 0.889. The van der Waals surface area contributed by atoms with Gasteiger partial charge in [0.15, 0.2) is 0 Å². The number of thiazole rings is 1. The van der Waals surface area contributed by atoms with Crippen molar-refractivity contribution >= 4 is 77.7 Å². The van der Waals surface area contributed by atoms with E-state index in [1.54, 1.807) is 11.3 Å². The molecule has 0 aliphatic rings. The minimum atomic E-state index is -0.179. The molecule has 0 saturated carbocycles. The lowest BCUT2D eigenvalue weighted by atomic mass is 9.86. The van der Waals surface area contributed by atoms with Crippen molar-refractivity contribution in [3.05, 3.63) is 210 Å². The van der Waals surface area contributed by atoms with E-state index in [0.29, 0.717) is 18.1 Å². The fourth-order valence-electron chi connectivity index (χ4n) is 8.22. The largest absolute Gasteiger partial charge is 0.336 e. The van der Waals surface area contributed by atoms with Gasteiger partial charge < -0.3 is 9.80 Å². The Morgan fingerprint density at radius 3 is 1.82 bits per heavy atom. The van der Waals surface area contributed by atoms with E-state index in [0.717, 1.165) is 61.1 Å². The predicted octanol–water partition coefficient (Wildman–Crippen LogP) is 15.1. The van der Waals surface area contributed by atoms with Crippen molar-refractivity contribution in [2.24, 2.45) is 0 Å². The second-order valence-corrected chi connectivity index (χ2v) is 17.9. The number of hydrogen-bond donors (Lipinski definition) is 0. The minimum absolute atomic E-state index is 0.179. The fraction of sp³-hybridized carbons (Fsp3) is 0.111. The summed E-state index contributed by atoms with van der Waals surface area (Å²) >= 11 is 9.64.